The Kier molecular flexibility index (Phi) is 4.82. The van der Waals surface area contributed by atoms with Gasteiger partial charge in [0.2, 0.25) is 5.91 Å². The molecule has 3 aliphatic heterocycles. The number of nitrogens with two attached hydrogens (primary N) is 1. The molecule has 0 unspecified atom stereocenters. The van der Waals surface area contributed by atoms with Gasteiger partial charge in [0.25, 0.3) is 0 Å². The van der Waals surface area contributed by atoms with Crippen LogP contribution in [0.4, 0.5) is 0 Å². The van der Waals surface area contributed by atoms with Gasteiger partial charge in [-0.05, 0) is 24.4 Å². The fourth-order valence-electron chi connectivity index (χ4n) is 3.50. The second-order valence-corrected chi connectivity index (χ2v) is 6.98. The van der Waals surface area contributed by atoms with Crippen molar-refractivity contribution < 1.29 is 29.1 Å². The minimum absolute atomic E-state index is 0.108. The van der Waals surface area contributed by atoms with Crippen molar-refractivity contribution in [3.8, 4) is 11.5 Å². The molecule has 9 nitrogen and oxygen atoms in total. The lowest BCUT2D eigenvalue weighted by Gasteiger charge is -2.40. The van der Waals surface area contributed by atoms with Gasteiger partial charge in [-0.2, -0.15) is 0 Å². The lowest BCUT2D eigenvalue weighted by atomic mass is 9.78. The highest BCUT2D eigenvalue weighted by Crippen LogP contribution is 2.37. The second-order valence-electron chi connectivity index (χ2n) is 6.98. The van der Waals surface area contributed by atoms with E-state index >= 15 is 0 Å². The number of ether oxygens (including phenoxy) is 1. The van der Waals surface area contributed by atoms with Crippen molar-refractivity contribution in [2.24, 2.45) is 10.7 Å². The number of carboxylic acid groups (broad SMARTS) is 1. The smallest absolute Gasteiger partial charge is 0.522 e. The highest BCUT2D eigenvalue weighted by Gasteiger charge is 2.37. The molecule has 1 saturated heterocycles. The summed E-state index contributed by atoms with van der Waals surface area (Å²) in [4.78, 5) is 29.8. The van der Waals surface area contributed by atoms with Crippen LogP contribution in [0.25, 0.3) is 0 Å². The number of benzene rings is 1. The minimum Gasteiger partial charge on any atom is -0.535 e. The Hall–Kier alpha value is -2.85. The van der Waals surface area contributed by atoms with E-state index in [0.717, 1.165) is 5.56 Å². The quantitative estimate of drug-likeness (QED) is 0.611. The lowest BCUT2D eigenvalue weighted by molar-refractivity contribution is -0.140. The molecule has 4 rings (SSSR count). The maximum Gasteiger partial charge on any atom is 0.522 e. The van der Waals surface area contributed by atoms with Crippen molar-refractivity contribution in [1.29, 1.82) is 0 Å². The second kappa shape index (κ2) is 7.29. The standard InChI is InChI=1S/C18H20BN3O6/c20-15(12-2-1-7-21-12)17(23)22-8-11(9-22)27-13-4-3-10-5-6-19(26)28-16(10)14(13)18(24)25/h2-4,7,11,15,26H,1,5-6,8-9,20H2,(H,24,25)/t15-/m1/s1. The summed E-state index contributed by atoms with van der Waals surface area (Å²) in [5.74, 6) is -1.13. The largest absolute Gasteiger partial charge is 0.535 e. The first-order valence-electron chi connectivity index (χ1n) is 9.11. The lowest BCUT2D eigenvalue weighted by Crippen LogP contribution is -2.60. The van der Waals surface area contributed by atoms with Gasteiger partial charge in [0.15, 0.2) is 0 Å². The molecule has 4 N–H and O–H groups in total. The van der Waals surface area contributed by atoms with E-state index in [2.05, 4.69) is 4.99 Å². The fraction of sp³-hybridized carbons (Fsp3) is 0.389. The third kappa shape index (κ3) is 3.36. The van der Waals surface area contributed by atoms with Crippen LogP contribution in [-0.4, -0.2) is 65.5 Å². The topological polar surface area (TPSA) is 135 Å². The predicted molar refractivity (Wildman–Crippen MR) is 101 cm³/mol. The number of nitrogens with zero attached hydrogens (tertiary/aromatic N) is 2. The van der Waals surface area contributed by atoms with E-state index in [1.165, 1.54) is 0 Å². The molecule has 1 amide bonds. The first-order valence-corrected chi connectivity index (χ1v) is 9.11. The van der Waals surface area contributed by atoms with Crippen LogP contribution in [0, 0.1) is 0 Å². The molecule has 0 radical (unpaired) electrons. The van der Waals surface area contributed by atoms with Crippen molar-refractivity contribution in [3.63, 3.8) is 0 Å². The molecule has 3 aliphatic rings. The summed E-state index contributed by atoms with van der Waals surface area (Å²) in [6.45, 7) is 0.617. The molecule has 1 aromatic carbocycles. The van der Waals surface area contributed by atoms with Crippen LogP contribution in [0.1, 0.15) is 22.3 Å². The fourth-order valence-corrected chi connectivity index (χ4v) is 3.50. The summed E-state index contributed by atoms with van der Waals surface area (Å²) in [6.07, 6.45) is 4.78. The summed E-state index contributed by atoms with van der Waals surface area (Å²) < 4.78 is 11.1. The van der Waals surface area contributed by atoms with Gasteiger partial charge in [-0.3, -0.25) is 9.79 Å². The molecule has 1 atom stereocenters. The summed E-state index contributed by atoms with van der Waals surface area (Å²) in [5, 5.41) is 19.3. The Bertz CT molecular complexity index is 880. The molecule has 1 aromatic rings. The molecule has 10 heteroatoms. The van der Waals surface area contributed by atoms with Crippen molar-refractivity contribution in [2.75, 3.05) is 13.1 Å². The predicted octanol–water partition coefficient (Wildman–Crippen LogP) is 0.0755. The number of rotatable bonds is 5. The van der Waals surface area contributed by atoms with Crippen LogP contribution in [0.2, 0.25) is 6.32 Å². The van der Waals surface area contributed by atoms with Gasteiger partial charge < -0.3 is 30.2 Å². The number of fused-ring (bicyclic) bond motifs is 1. The molecule has 0 saturated carbocycles. The first kappa shape index (κ1) is 18.5. The molecular weight excluding hydrogens is 365 g/mol. The monoisotopic (exact) mass is 385 g/mol. The summed E-state index contributed by atoms with van der Waals surface area (Å²) in [6, 6.07) is 2.54. The van der Waals surface area contributed by atoms with Gasteiger partial charge in [-0.25, -0.2) is 4.79 Å². The zero-order chi connectivity index (χ0) is 19.8. The molecule has 0 aliphatic carbocycles. The molecule has 0 bridgehead atoms. The molecule has 3 heterocycles. The van der Waals surface area contributed by atoms with E-state index in [4.69, 9.17) is 15.1 Å². The number of aryl methyl sites for hydroxylation is 1. The van der Waals surface area contributed by atoms with Crippen LogP contribution < -0.4 is 15.1 Å². The maximum absolute atomic E-state index is 12.4. The van der Waals surface area contributed by atoms with Crippen LogP contribution in [0.5, 0.6) is 11.5 Å². The van der Waals surface area contributed by atoms with Gasteiger partial charge in [0.05, 0.1) is 18.8 Å². The average Bonchev–Trinajstić information content (AvgIpc) is 3.17. The number of likely N-dealkylation sites (tertiary alicyclic amines) is 1. The molecule has 0 spiro atoms. The molecule has 1 fully saturated rings. The van der Waals surface area contributed by atoms with Crippen LogP contribution in [0.15, 0.2) is 28.9 Å². The number of aliphatic imine (C=N–C) groups is 1. The van der Waals surface area contributed by atoms with E-state index in [1.807, 2.05) is 6.08 Å². The van der Waals surface area contributed by atoms with Crippen LogP contribution in [0.3, 0.4) is 0 Å². The van der Waals surface area contributed by atoms with Gasteiger partial charge >= 0.3 is 13.1 Å². The van der Waals surface area contributed by atoms with E-state index in [0.29, 0.717) is 37.9 Å². The van der Waals surface area contributed by atoms with Crippen LogP contribution in [-0.2, 0) is 11.2 Å². The van der Waals surface area contributed by atoms with Crippen molar-refractivity contribution in [2.45, 2.75) is 31.3 Å². The summed E-state index contributed by atoms with van der Waals surface area (Å²) in [5.41, 5.74) is 7.13. The highest BCUT2D eigenvalue weighted by molar-refractivity contribution is 6.44. The minimum atomic E-state index is -1.19. The third-order valence-corrected chi connectivity index (χ3v) is 5.04. The molecule has 146 valence electrons. The Morgan fingerprint density at radius 1 is 1.39 bits per heavy atom. The number of hydrogen-bond donors (Lipinski definition) is 3. The van der Waals surface area contributed by atoms with Crippen molar-refractivity contribution in [3.05, 3.63) is 35.0 Å². The van der Waals surface area contributed by atoms with Gasteiger partial charge in [-0.1, -0.05) is 12.1 Å². The average molecular weight is 385 g/mol. The Morgan fingerprint density at radius 2 is 2.18 bits per heavy atom. The van der Waals surface area contributed by atoms with E-state index in [-0.39, 0.29) is 29.1 Å². The van der Waals surface area contributed by atoms with Gasteiger partial charge in [0.1, 0.15) is 29.2 Å². The number of aromatic carboxylic acids is 1. The SMILES string of the molecule is N[C@@H](C(=O)N1CC(Oc2ccc3c(c2C(=O)O)OB(O)CC3)C1)C1=CCC=N1. The number of carbonyl (C=O) groups excluding carboxylic acids is 1. The van der Waals surface area contributed by atoms with Crippen molar-refractivity contribution in [1.82, 2.24) is 4.90 Å². The number of amides is 1. The first-order chi connectivity index (χ1) is 13.4. The van der Waals surface area contributed by atoms with Crippen molar-refractivity contribution >= 4 is 25.2 Å². The number of carbonyl (C=O) groups is 2. The highest BCUT2D eigenvalue weighted by atomic mass is 16.5. The van der Waals surface area contributed by atoms with E-state index < -0.39 is 19.1 Å². The van der Waals surface area contributed by atoms with E-state index in [9.17, 15) is 19.7 Å². The zero-order valence-corrected chi connectivity index (χ0v) is 15.1. The number of hydrogen-bond acceptors (Lipinski definition) is 7. The van der Waals surface area contributed by atoms with Gasteiger partial charge in [-0.15, -0.1) is 0 Å². The maximum atomic E-state index is 12.4. The zero-order valence-electron chi connectivity index (χ0n) is 15.1. The summed E-state index contributed by atoms with van der Waals surface area (Å²) in [7, 11) is -1.04. The Morgan fingerprint density at radius 3 is 2.86 bits per heavy atom. The molecular formula is C18H20BN3O6. The Balaban J connectivity index is 1.43. The van der Waals surface area contributed by atoms with E-state index in [1.54, 1.807) is 23.2 Å². The number of carboxylic acids is 1. The third-order valence-electron chi connectivity index (χ3n) is 5.04. The number of allylic oxidation sites excluding steroid dienone is 1. The Labute approximate surface area is 161 Å². The van der Waals surface area contributed by atoms with Gasteiger partial charge in [0, 0.05) is 12.6 Å². The summed E-state index contributed by atoms with van der Waals surface area (Å²) >= 11 is 0. The molecule has 28 heavy (non-hydrogen) atoms. The normalized spacial score (nSPS) is 19.4. The molecule has 0 aromatic heterocycles. The van der Waals surface area contributed by atoms with Crippen LogP contribution >= 0.6 is 0 Å².